The summed E-state index contributed by atoms with van der Waals surface area (Å²) in [5, 5.41) is 9.58. The van der Waals surface area contributed by atoms with E-state index in [0.717, 1.165) is 43.6 Å². The number of alkyl carbamates (subject to hydrolysis) is 1. The van der Waals surface area contributed by atoms with E-state index in [-0.39, 0.29) is 55.7 Å². The molecule has 21 heteroatoms. The SMILES string of the molecule is CC(=O)NC1(COC(=O)N[C@H]2CCCCC/C=C\[C@@H]3C[C@]3(C(=O)NS(=O)(=O)C3CC3)NC(=O)[C@@H]3[C@H]4CN(C(=O)c5nc(-c6ccc(OC(C)=O)c(F)c6)cs5)C[C@H]4CN3C2=O)CCCC1. The number of sulfonamides is 1. The van der Waals surface area contributed by atoms with Crippen LogP contribution in [0.5, 0.6) is 5.75 Å². The molecule has 1 aromatic carbocycles. The van der Waals surface area contributed by atoms with Crippen molar-refractivity contribution in [3.63, 3.8) is 0 Å². The first kappa shape index (κ1) is 46.1. The second-order valence-corrected chi connectivity index (χ2v) is 21.1. The third kappa shape index (κ3) is 10.0. The zero-order chi connectivity index (χ0) is 46.3. The molecular weight excluding hydrogens is 886 g/mol. The van der Waals surface area contributed by atoms with Crippen LogP contribution in [-0.2, 0) is 38.7 Å². The average Bonchev–Trinajstić information content (AvgIpc) is 3.95. The number of esters is 1. The number of nitrogens with zero attached hydrogens (tertiary/aromatic N) is 3. The molecular formula is C44H54FN7O11S2. The van der Waals surface area contributed by atoms with E-state index >= 15 is 0 Å². The molecule has 0 spiro atoms. The highest BCUT2D eigenvalue weighted by atomic mass is 32.2. The molecule has 6 amide bonds. The lowest BCUT2D eigenvalue weighted by Gasteiger charge is -2.33. The summed E-state index contributed by atoms with van der Waals surface area (Å²) in [5.74, 6) is -6.05. The Hall–Kier alpha value is -5.44. The van der Waals surface area contributed by atoms with E-state index in [4.69, 9.17) is 9.47 Å². The van der Waals surface area contributed by atoms with Crippen LogP contribution in [0.25, 0.3) is 11.3 Å². The molecule has 4 N–H and O–H groups in total. The average molecular weight is 940 g/mol. The molecule has 8 rings (SSSR count). The normalized spacial score (nSPS) is 28.0. The number of carbonyl (C=O) groups excluding carboxylic acids is 7. The Kier molecular flexibility index (Phi) is 13.1. The van der Waals surface area contributed by atoms with Crippen molar-refractivity contribution in [2.75, 3.05) is 26.2 Å². The monoisotopic (exact) mass is 939 g/mol. The number of benzene rings is 1. The highest BCUT2D eigenvalue weighted by Gasteiger charge is 2.63. The highest BCUT2D eigenvalue weighted by molar-refractivity contribution is 7.91. The van der Waals surface area contributed by atoms with Gasteiger partial charge in [0.1, 0.15) is 24.2 Å². The summed E-state index contributed by atoms with van der Waals surface area (Å²) in [4.78, 5) is 102. The minimum Gasteiger partial charge on any atom is -0.447 e. The van der Waals surface area contributed by atoms with Crippen molar-refractivity contribution >= 4 is 63.0 Å². The Morgan fingerprint density at radius 1 is 1.00 bits per heavy atom. The van der Waals surface area contributed by atoms with Gasteiger partial charge in [0, 0.05) is 62.2 Å². The first-order valence-corrected chi connectivity index (χ1v) is 24.7. The van der Waals surface area contributed by atoms with E-state index in [0.29, 0.717) is 56.2 Å². The van der Waals surface area contributed by atoms with E-state index in [2.05, 4.69) is 25.7 Å². The number of amides is 6. The number of hydrogen-bond donors (Lipinski definition) is 4. The number of allylic oxidation sites excluding steroid dienone is 1. The molecule has 0 bridgehead atoms. The minimum absolute atomic E-state index is 0.0238. The molecule has 6 aliphatic rings. The highest BCUT2D eigenvalue weighted by Crippen LogP contribution is 2.47. The fourth-order valence-electron chi connectivity index (χ4n) is 9.89. The van der Waals surface area contributed by atoms with Gasteiger partial charge in [-0.05, 0) is 69.6 Å². The zero-order valence-electron chi connectivity index (χ0n) is 36.3. The summed E-state index contributed by atoms with van der Waals surface area (Å²) in [5.41, 5.74) is -1.65. The van der Waals surface area contributed by atoms with Crippen molar-refractivity contribution in [2.45, 2.75) is 119 Å². The Labute approximate surface area is 379 Å². The quantitative estimate of drug-likeness (QED) is 0.153. The van der Waals surface area contributed by atoms with Crippen molar-refractivity contribution in [3.05, 3.63) is 46.6 Å². The lowest BCUT2D eigenvalue weighted by atomic mass is 9.93. The molecule has 1 aromatic heterocycles. The molecule has 2 saturated heterocycles. The summed E-state index contributed by atoms with van der Waals surface area (Å²) in [6.45, 7) is 2.66. The molecule has 6 atom stereocenters. The van der Waals surface area contributed by atoms with Gasteiger partial charge in [-0.1, -0.05) is 37.8 Å². The molecule has 350 valence electrons. The van der Waals surface area contributed by atoms with Crippen LogP contribution >= 0.6 is 11.3 Å². The number of nitrogens with one attached hydrogen (secondary N) is 4. The zero-order valence-corrected chi connectivity index (χ0v) is 37.9. The van der Waals surface area contributed by atoms with Gasteiger partial charge in [-0.3, -0.25) is 33.5 Å². The molecule has 0 unspecified atom stereocenters. The number of carbonyl (C=O) groups is 7. The van der Waals surface area contributed by atoms with E-state index in [1.165, 1.54) is 24.0 Å². The van der Waals surface area contributed by atoms with Crippen LogP contribution < -0.4 is 25.4 Å². The summed E-state index contributed by atoms with van der Waals surface area (Å²) < 4.78 is 53.5. The van der Waals surface area contributed by atoms with Crippen LogP contribution in [0.3, 0.4) is 0 Å². The number of likely N-dealkylation sites (tertiary alicyclic amines) is 1. The number of fused-ring (bicyclic) bond motifs is 4. The van der Waals surface area contributed by atoms with Crippen molar-refractivity contribution in [1.82, 2.24) is 35.5 Å². The smallest absolute Gasteiger partial charge is 0.407 e. The molecule has 65 heavy (non-hydrogen) atoms. The van der Waals surface area contributed by atoms with Gasteiger partial charge in [-0.25, -0.2) is 22.6 Å². The van der Waals surface area contributed by atoms with Crippen molar-refractivity contribution < 1.29 is 55.8 Å². The van der Waals surface area contributed by atoms with Crippen LogP contribution in [0.4, 0.5) is 9.18 Å². The fraction of sp³-hybridized carbons (Fsp3) is 0.591. The number of halogens is 1. The topological polar surface area (TPSA) is 240 Å². The molecule has 3 aliphatic heterocycles. The van der Waals surface area contributed by atoms with Crippen LogP contribution in [0.15, 0.2) is 35.7 Å². The van der Waals surface area contributed by atoms with Gasteiger partial charge >= 0.3 is 12.1 Å². The number of thiazole rings is 1. The van der Waals surface area contributed by atoms with Crippen LogP contribution in [0.2, 0.25) is 0 Å². The fourth-order valence-corrected chi connectivity index (χ4v) is 12.0. The van der Waals surface area contributed by atoms with Crippen LogP contribution in [0.1, 0.15) is 101 Å². The summed E-state index contributed by atoms with van der Waals surface area (Å²) in [7, 11) is -3.98. The van der Waals surface area contributed by atoms with Gasteiger partial charge < -0.3 is 35.2 Å². The van der Waals surface area contributed by atoms with Gasteiger partial charge in [0.25, 0.3) is 11.8 Å². The number of ether oxygens (including phenoxy) is 2. The lowest BCUT2D eigenvalue weighted by Crippen LogP contribution is -2.60. The Morgan fingerprint density at radius 3 is 2.48 bits per heavy atom. The standard InChI is InChI=1S/C44H54FN7O11S2/c1-25(53)48-43(16-8-9-17-43)24-62-42(59)47-33-11-7-5-3-4-6-10-29-19-44(29,41(58)50-65(60,61)30-13-14-30)49-37(55)36-31-22-51(20-28(31)21-52(36)39(33)56)40(57)38-46-34(23-64-38)27-12-15-35(32(45)18-27)63-26(2)54/h6,10,12,15,18,23,28-31,33,36H,3-5,7-9,11,13-14,16-17,19-22,24H2,1-2H3,(H,47,59)(H,48,53)(H,49,55)(H,50,58)/b10-6-/t28-,29+,31-,33-,36-,44-/m0/s1. The lowest BCUT2D eigenvalue weighted by molar-refractivity contribution is -0.142. The molecule has 2 aromatic rings. The van der Waals surface area contributed by atoms with Crippen molar-refractivity contribution in [3.8, 4) is 17.0 Å². The van der Waals surface area contributed by atoms with Gasteiger partial charge in [0.05, 0.1) is 16.5 Å². The maximum Gasteiger partial charge on any atom is 0.407 e. The molecule has 3 aliphatic carbocycles. The first-order chi connectivity index (χ1) is 31.0. The second kappa shape index (κ2) is 18.4. The van der Waals surface area contributed by atoms with E-state index < -0.39 is 97.7 Å². The molecule has 5 fully saturated rings. The summed E-state index contributed by atoms with van der Waals surface area (Å²) in [6, 6.07) is 1.63. The van der Waals surface area contributed by atoms with Crippen molar-refractivity contribution in [1.29, 1.82) is 0 Å². The predicted octanol–water partition coefficient (Wildman–Crippen LogP) is 3.32. The summed E-state index contributed by atoms with van der Waals surface area (Å²) >= 11 is 1.05. The van der Waals surface area contributed by atoms with Crippen molar-refractivity contribution in [2.24, 2.45) is 17.8 Å². The van der Waals surface area contributed by atoms with Crippen LogP contribution in [-0.4, -0.2) is 119 Å². The number of aromatic nitrogens is 1. The van der Waals surface area contributed by atoms with Gasteiger partial charge in [-0.15, -0.1) is 11.3 Å². The predicted molar refractivity (Wildman–Crippen MR) is 232 cm³/mol. The largest absolute Gasteiger partial charge is 0.447 e. The molecule has 3 saturated carbocycles. The first-order valence-electron chi connectivity index (χ1n) is 22.3. The van der Waals surface area contributed by atoms with E-state index in [1.54, 1.807) is 10.3 Å². The Balaban J connectivity index is 1.04. The number of hydrogen-bond acceptors (Lipinski definition) is 13. The summed E-state index contributed by atoms with van der Waals surface area (Å²) in [6.07, 6.45) is 9.67. The van der Waals surface area contributed by atoms with E-state index in [1.807, 2.05) is 12.2 Å². The Bertz CT molecular complexity index is 2400. The van der Waals surface area contributed by atoms with Gasteiger partial charge in [0.2, 0.25) is 27.7 Å². The van der Waals surface area contributed by atoms with Gasteiger partial charge in [-0.2, -0.15) is 0 Å². The van der Waals surface area contributed by atoms with E-state index in [9.17, 15) is 46.4 Å². The Morgan fingerprint density at radius 2 is 1.77 bits per heavy atom. The maximum atomic E-state index is 14.8. The second-order valence-electron chi connectivity index (χ2n) is 18.3. The maximum absolute atomic E-state index is 14.8. The molecule has 0 radical (unpaired) electrons. The third-order valence-electron chi connectivity index (χ3n) is 13.4. The molecule has 4 heterocycles. The van der Waals surface area contributed by atoms with Crippen LogP contribution in [0, 0.1) is 23.6 Å². The van der Waals surface area contributed by atoms with Gasteiger partial charge in [0.15, 0.2) is 16.6 Å². The number of rotatable bonds is 10. The third-order valence-corrected chi connectivity index (χ3v) is 16.1. The minimum atomic E-state index is -3.98. The molecule has 18 nitrogen and oxygen atoms in total.